The van der Waals surface area contributed by atoms with E-state index in [1.807, 2.05) is 0 Å². The molecule has 0 fully saturated rings. The largest absolute Gasteiger partial charge is 0.426 e. The van der Waals surface area contributed by atoms with Crippen LogP contribution in [0.5, 0.6) is 5.75 Å². The molecule has 0 bridgehead atoms. The second-order valence-corrected chi connectivity index (χ2v) is 6.93. The van der Waals surface area contributed by atoms with Gasteiger partial charge in [0, 0.05) is 11.8 Å². The summed E-state index contributed by atoms with van der Waals surface area (Å²) < 4.78 is 5.08. The first-order valence-electron chi connectivity index (χ1n) is 8.00. The number of hydrogen-bond acceptors (Lipinski definition) is 5. The fraction of sp³-hybridized carbons (Fsp3) is 0.278. The smallest absolute Gasteiger partial charge is 0.308 e. The van der Waals surface area contributed by atoms with Crippen molar-refractivity contribution in [1.29, 1.82) is 0 Å². The fourth-order valence-electron chi connectivity index (χ4n) is 2.98. The number of aryl methyl sites for hydroxylation is 1. The van der Waals surface area contributed by atoms with E-state index in [1.54, 1.807) is 24.3 Å². The Bertz CT molecular complexity index is 857. The minimum Gasteiger partial charge on any atom is -0.426 e. The van der Waals surface area contributed by atoms with E-state index in [0.717, 1.165) is 36.1 Å². The molecule has 0 radical (unpaired) electrons. The number of hydrogen-bond donors (Lipinski definition) is 2. The average molecular weight is 358 g/mol. The highest BCUT2D eigenvalue weighted by atomic mass is 32.1. The first-order valence-corrected chi connectivity index (χ1v) is 8.82. The average Bonchev–Trinajstić information content (AvgIpc) is 2.92. The van der Waals surface area contributed by atoms with E-state index >= 15 is 0 Å². The molecule has 1 aromatic carbocycles. The molecule has 1 aromatic heterocycles. The molecular formula is C18H18N2O4S. The highest BCUT2D eigenvalue weighted by molar-refractivity contribution is 7.17. The normalized spacial score (nSPS) is 13.0. The minimum absolute atomic E-state index is 0.175. The van der Waals surface area contributed by atoms with Crippen molar-refractivity contribution < 1.29 is 19.1 Å². The predicted molar refractivity (Wildman–Crippen MR) is 95.2 cm³/mol. The Morgan fingerprint density at radius 1 is 1.16 bits per heavy atom. The molecule has 0 aliphatic heterocycles. The second-order valence-electron chi connectivity index (χ2n) is 5.82. The van der Waals surface area contributed by atoms with E-state index < -0.39 is 17.8 Å². The second kappa shape index (κ2) is 7.06. The van der Waals surface area contributed by atoms with Crippen LogP contribution >= 0.6 is 11.3 Å². The Hall–Kier alpha value is -2.67. The quantitative estimate of drug-likeness (QED) is 0.648. The number of anilines is 1. The van der Waals surface area contributed by atoms with Crippen molar-refractivity contribution in [2.75, 3.05) is 5.32 Å². The number of primary amides is 1. The van der Waals surface area contributed by atoms with Crippen molar-refractivity contribution in [3.05, 3.63) is 45.8 Å². The number of amides is 2. The van der Waals surface area contributed by atoms with Crippen LogP contribution in [-0.4, -0.2) is 17.8 Å². The molecule has 0 spiro atoms. The third-order valence-corrected chi connectivity index (χ3v) is 5.24. The third kappa shape index (κ3) is 3.56. The van der Waals surface area contributed by atoms with E-state index in [2.05, 4.69) is 5.32 Å². The molecule has 3 rings (SSSR count). The number of para-hydroxylation sites is 1. The van der Waals surface area contributed by atoms with Crippen molar-refractivity contribution >= 4 is 34.1 Å². The van der Waals surface area contributed by atoms with Crippen LogP contribution in [-0.2, 0) is 17.6 Å². The van der Waals surface area contributed by atoms with Crippen LogP contribution < -0.4 is 15.8 Å². The molecule has 25 heavy (non-hydrogen) atoms. The maximum Gasteiger partial charge on any atom is 0.308 e. The highest BCUT2D eigenvalue weighted by Crippen LogP contribution is 2.38. The standard InChI is InChI=1S/C18H18N2O4S/c1-10(21)24-13-8-4-2-6-11(13)17(23)20-18-15(16(19)22)12-7-3-5-9-14(12)25-18/h2,4,6,8H,3,5,7,9H2,1H3,(H2,19,22)(H,20,23). The van der Waals surface area contributed by atoms with Crippen molar-refractivity contribution in [2.45, 2.75) is 32.6 Å². The number of ether oxygens (including phenoxy) is 1. The molecule has 0 saturated carbocycles. The zero-order valence-electron chi connectivity index (χ0n) is 13.8. The summed E-state index contributed by atoms with van der Waals surface area (Å²) in [6, 6.07) is 6.46. The van der Waals surface area contributed by atoms with Crippen LogP contribution in [0.2, 0.25) is 0 Å². The molecule has 2 aromatic rings. The Balaban J connectivity index is 1.93. The summed E-state index contributed by atoms with van der Waals surface area (Å²) in [5.41, 5.74) is 7.11. The Kier molecular flexibility index (Phi) is 4.85. The third-order valence-electron chi connectivity index (χ3n) is 4.03. The van der Waals surface area contributed by atoms with Crippen molar-refractivity contribution in [2.24, 2.45) is 5.73 Å². The summed E-state index contributed by atoms with van der Waals surface area (Å²) in [6.45, 7) is 1.27. The zero-order chi connectivity index (χ0) is 18.0. The number of fused-ring (bicyclic) bond motifs is 1. The molecular weight excluding hydrogens is 340 g/mol. The summed E-state index contributed by atoms with van der Waals surface area (Å²) in [7, 11) is 0. The van der Waals surface area contributed by atoms with E-state index in [9.17, 15) is 14.4 Å². The van der Waals surface area contributed by atoms with Gasteiger partial charge in [0.05, 0.1) is 11.1 Å². The monoisotopic (exact) mass is 358 g/mol. The maximum absolute atomic E-state index is 12.7. The summed E-state index contributed by atoms with van der Waals surface area (Å²) in [5.74, 6) is -1.32. The van der Waals surface area contributed by atoms with Gasteiger partial charge in [0.25, 0.3) is 11.8 Å². The number of nitrogens with one attached hydrogen (secondary N) is 1. The van der Waals surface area contributed by atoms with Crippen LogP contribution in [0.4, 0.5) is 5.00 Å². The molecule has 1 heterocycles. The van der Waals surface area contributed by atoms with Crippen LogP contribution in [0.15, 0.2) is 24.3 Å². The van der Waals surface area contributed by atoms with Crippen LogP contribution in [0.3, 0.4) is 0 Å². The van der Waals surface area contributed by atoms with Gasteiger partial charge in [0.15, 0.2) is 0 Å². The van der Waals surface area contributed by atoms with Gasteiger partial charge in [-0.15, -0.1) is 11.3 Å². The molecule has 7 heteroatoms. The molecule has 3 N–H and O–H groups in total. The van der Waals surface area contributed by atoms with Crippen LogP contribution in [0, 0.1) is 0 Å². The lowest BCUT2D eigenvalue weighted by molar-refractivity contribution is -0.131. The minimum atomic E-state index is -0.539. The van der Waals surface area contributed by atoms with Gasteiger partial charge in [-0.2, -0.15) is 0 Å². The number of carbonyl (C=O) groups excluding carboxylic acids is 3. The zero-order valence-corrected chi connectivity index (χ0v) is 14.6. The predicted octanol–water partition coefficient (Wildman–Crippen LogP) is 2.90. The summed E-state index contributed by atoms with van der Waals surface area (Å²) in [5, 5.41) is 3.23. The number of carbonyl (C=O) groups is 3. The van der Waals surface area contributed by atoms with Gasteiger partial charge in [0.1, 0.15) is 10.8 Å². The van der Waals surface area contributed by atoms with Crippen molar-refractivity contribution in [1.82, 2.24) is 0 Å². The van der Waals surface area contributed by atoms with Gasteiger partial charge in [0.2, 0.25) is 0 Å². The molecule has 6 nitrogen and oxygen atoms in total. The fourth-order valence-corrected chi connectivity index (χ4v) is 4.27. The van der Waals surface area contributed by atoms with E-state index in [1.165, 1.54) is 18.3 Å². The molecule has 1 aliphatic carbocycles. The van der Waals surface area contributed by atoms with Gasteiger partial charge in [-0.1, -0.05) is 12.1 Å². The summed E-state index contributed by atoms with van der Waals surface area (Å²) in [6.07, 6.45) is 3.76. The van der Waals surface area contributed by atoms with Crippen molar-refractivity contribution in [3.63, 3.8) is 0 Å². The lowest BCUT2D eigenvalue weighted by Crippen LogP contribution is -2.19. The van der Waals surface area contributed by atoms with Gasteiger partial charge < -0.3 is 15.8 Å². The van der Waals surface area contributed by atoms with Gasteiger partial charge in [-0.3, -0.25) is 14.4 Å². The summed E-state index contributed by atoms with van der Waals surface area (Å²) in [4.78, 5) is 36.9. The lowest BCUT2D eigenvalue weighted by Gasteiger charge is -2.11. The maximum atomic E-state index is 12.7. The number of thiophene rings is 1. The van der Waals surface area contributed by atoms with Gasteiger partial charge in [-0.25, -0.2) is 0 Å². The molecule has 0 unspecified atom stereocenters. The van der Waals surface area contributed by atoms with E-state index in [-0.39, 0.29) is 11.3 Å². The Morgan fingerprint density at radius 2 is 1.88 bits per heavy atom. The first-order chi connectivity index (χ1) is 12.0. The SMILES string of the molecule is CC(=O)Oc1ccccc1C(=O)Nc1sc2c(c1C(N)=O)CCCC2. The molecule has 0 saturated heterocycles. The number of benzene rings is 1. The van der Waals surface area contributed by atoms with E-state index in [0.29, 0.717) is 10.6 Å². The van der Waals surface area contributed by atoms with Crippen molar-refractivity contribution in [3.8, 4) is 5.75 Å². The molecule has 1 aliphatic rings. The molecule has 2 amide bonds. The molecule has 130 valence electrons. The number of rotatable bonds is 4. The van der Waals surface area contributed by atoms with E-state index in [4.69, 9.17) is 10.5 Å². The van der Waals surface area contributed by atoms with Gasteiger partial charge >= 0.3 is 5.97 Å². The molecule has 0 atom stereocenters. The number of esters is 1. The van der Waals surface area contributed by atoms with Crippen LogP contribution in [0.1, 0.15) is 50.9 Å². The summed E-state index contributed by atoms with van der Waals surface area (Å²) >= 11 is 1.39. The van der Waals surface area contributed by atoms with Gasteiger partial charge in [-0.05, 0) is 43.4 Å². The Labute approximate surface area is 149 Å². The lowest BCUT2D eigenvalue weighted by atomic mass is 9.95. The first kappa shape index (κ1) is 17.2. The Morgan fingerprint density at radius 3 is 2.60 bits per heavy atom. The highest BCUT2D eigenvalue weighted by Gasteiger charge is 2.25. The van der Waals surface area contributed by atoms with Crippen LogP contribution in [0.25, 0.3) is 0 Å². The number of nitrogens with two attached hydrogens (primary N) is 1. The topological polar surface area (TPSA) is 98.5 Å².